The number of nitrogens with zero attached hydrogens (tertiary/aromatic N) is 3. The zero-order valence-electron chi connectivity index (χ0n) is 20.4. The Balaban J connectivity index is 1.48. The standard InChI is InChI=1S/C27H34F2N4O/c1-19(21-8-6-20(7-9-21)16-32-13-5-12-27(28,29)18-32)31-24-14-23-22(15-30-24)10-11-25(34)33(23)17-26(2,3)4/h6-11,14-15,19H,5,12-13,16-18H2,1-4H3,(H,30,31). The minimum absolute atomic E-state index is 0.00943. The van der Waals surface area contributed by atoms with Gasteiger partial charge in [0, 0.05) is 49.3 Å². The predicted octanol–water partition coefficient (Wildman–Crippen LogP) is 5.85. The smallest absolute Gasteiger partial charge is 0.260 e. The van der Waals surface area contributed by atoms with Crippen molar-refractivity contribution in [1.29, 1.82) is 0 Å². The lowest BCUT2D eigenvalue weighted by atomic mass is 9.96. The quantitative estimate of drug-likeness (QED) is 0.493. The number of hydrogen-bond acceptors (Lipinski definition) is 4. The van der Waals surface area contributed by atoms with Crippen LogP contribution >= 0.6 is 0 Å². The zero-order chi connectivity index (χ0) is 24.5. The lowest BCUT2D eigenvalue weighted by Gasteiger charge is -2.32. The van der Waals surface area contributed by atoms with E-state index >= 15 is 0 Å². The number of hydrogen-bond donors (Lipinski definition) is 1. The Kier molecular flexibility index (Phi) is 6.76. The minimum atomic E-state index is -2.58. The minimum Gasteiger partial charge on any atom is -0.363 e. The molecule has 2 aromatic heterocycles. The van der Waals surface area contributed by atoms with Gasteiger partial charge in [0.25, 0.3) is 11.5 Å². The summed E-state index contributed by atoms with van der Waals surface area (Å²) in [6.07, 6.45) is 2.32. The maximum atomic E-state index is 13.7. The second kappa shape index (κ2) is 9.45. The summed E-state index contributed by atoms with van der Waals surface area (Å²) in [5, 5.41) is 4.36. The molecule has 1 N–H and O–H groups in total. The maximum Gasteiger partial charge on any atom is 0.260 e. The lowest BCUT2D eigenvalue weighted by Crippen LogP contribution is -2.41. The van der Waals surface area contributed by atoms with Crippen LogP contribution in [0.3, 0.4) is 0 Å². The average molecular weight is 469 g/mol. The molecule has 0 aliphatic carbocycles. The summed E-state index contributed by atoms with van der Waals surface area (Å²) >= 11 is 0. The van der Waals surface area contributed by atoms with Crippen LogP contribution in [0.5, 0.6) is 0 Å². The Morgan fingerprint density at radius 3 is 2.56 bits per heavy atom. The molecule has 1 unspecified atom stereocenters. The van der Waals surface area contributed by atoms with Crippen LogP contribution in [0.1, 0.15) is 57.7 Å². The first-order valence-corrected chi connectivity index (χ1v) is 11.9. The van der Waals surface area contributed by atoms with E-state index in [1.54, 1.807) is 12.3 Å². The molecule has 1 saturated heterocycles. The number of benzene rings is 1. The molecule has 1 aliphatic rings. The van der Waals surface area contributed by atoms with Gasteiger partial charge in [-0.1, -0.05) is 45.0 Å². The fourth-order valence-corrected chi connectivity index (χ4v) is 4.56. The molecule has 182 valence electrons. The molecule has 1 aliphatic heterocycles. The van der Waals surface area contributed by atoms with Crippen molar-refractivity contribution >= 4 is 16.7 Å². The van der Waals surface area contributed by atoms with Gasteiger partial charge in [-0.05, 0) is 42.5 Å². The summed E-state index contributed by atoms with van der Waals surface area (Å²) < 4.78 is 29.2. The number of nitrogens with one attached hydrogen (secondary N) is 1. The summed E-state index contributed by atoms with van der Waals surface area (Å²) in [7, 11) is 0. The maximum absolute atomic E-state index is 13.7. The molecular formula is C27H34F2N4O. The number of pyridine rings is 2. The molecule has 5 nitrogen and oxygen atoms in total. The number of rotatable bonds is 6. The Morgan fingerprint density at radius 2 is 1.88 bits per heavy atom. The molecule has 1 atom stereocenters. The van der Waals surface area contributed by atoms with Gasteiger partial charge in [-0.15, -0.1) is 0 Å². The second-order valence-electron chi connectivity index (χ2n) is 10.7. The van der Waals surface area contributed by atoms with Gasteiger partial charge in [0.1, 0.15) is 5.82 Å². The highest BCUT2D eigenvalue weighted by atomic mass is 19.3. The Bertz CT molecular complexity index is 1200. The van der Waals surface area contributed by atoms with Crippen molar-refractivity contribution in [2.45, 2.75) is 65.6 Å². The number of likely N-dealkylation sites (tertiary alicyclic amines) is 1. The largest absolute Gasteiger partial charge is 0.363 e. The summed E-state index contributed by atoms with van der Waals surface area (Å²) in [6.45, 7) is 10.1. The van der Waals surface area contributed by atoms with Crippen molar-refractivity contribution in [1.82, 2.24) is 14.5 Å². The van der Waals surface area contributed by atoms with Gasteiger partial charge < -0.3 is 9.88 Å². The lowest BCUT2D eigenvalue weighted by molar-refractivity contribution is -0.0661. The van der Waals surface area contributed by atoms with Crippen LogP contribution in [-0.4, -0.2) is 33.5 Å². The van der Waals surface area contributed by atoms with Gasteiger partial charge in [0.15, 0.2) is 0 Å². The van der Waals surface area contributed by atoms with E-state index in [-0.39, 0.29) is 30.0 Å². The van der Waals surface area contributed by atoms with Crippen LogP contribution in [0.2, 0.25) is 0 Å². The van der Waals surface area contributed by atoms with Crippen LogP contribution in [0.15, 0.2) is 53.5 Å². The van der Waals surface area contributed by atoms with Crippen molar-refractivity contribution < 1.29 is 8.78 Å². The van der Waals surface area contributed by atoms with E-state index in [0.717, 1.165) is 22.0 Å². The first kappa shape index (κ1) is 24.3. The van der Waals surface area contributed by atoms with Crippen LogP contribution in [0.4, 0.5) is 14.6 Å². The van der Waals surface area contributed by atoms with Crippen molar-refractivity contribution in [3.8, 4) is 0 Å². The third-order valence-electron chi connectivity index (χ3n) is 6.23. The van der Waals surface area contributed by atoms with E-state index in [4.69, 9.17) is 0 Å². The van der Waals surface area contributed by atoms with E-state index in [1.807, 2.05) is 45.9 Å². The first-order chi connectivity index (χ1) is 16.0. The molecule has 0 spiro atoms. The summed E-state index contributed by atoms with van der Waals surface area (Å²) in [6, 6.07) is 13.4. The number of piperidine rings is 1. The summed E-state index contributed by atoms with van der Waals surface area (Å²) in [5.41, 5.74) is 2.92. The Morgan fingerprint density at radius 1 is 1.15 bits per heavy atom. The highest BCUT2D eigenvalue weighted by Crippen LogP contribution is 2.28. The first-order valence-electron chi connectivity index (χ1n) is 11.9. The van der Waals surface area contributed by atoms with Gasteiger partial charge in [-0.2, -0.15) is 0 Å². The number of alkyl halides is 2. The topological polar surface area (TPSA) is 50.2 Å². The molecule has 4 rings (SSSR count). The van der Waals surface area contributed by atoms with Crippen LogP contribution in [0.25, 0.3) is 10.9 Å². The fourth-order valence-electron chi connectivity index (χ4n) is 4.56. The number of fused-ring (bicyclic) bond motifs is 1. The Labute approximate surface area is 199 Å². The highest BCUT2D eigenvalue weighted by Gasteiger charge is 2.34. The SMILES string of the molecule is CC(Nc1cc2c(ccc(=O)n2CC(C)(C)C)cn1)c1ccc(CN2CCCC(F)(F)C2)cc1. The zero-order valence-corrected chi connectivity index (χ0v) is 20.4. The van der Waals surface area contributed by atoms with Gasteiger partial charge in [0.05, 0.1) is 12.1 Å². The third kappa shape index (κ3) is 6.00. The van der Waals surface area contributed by atoms with Crippen molar-refractivity contribution in [2.75, 3.05) is 18.4 Å². The fraction of sp³-hybridized carbons (Fsp3) is 0.481. The molecule has 1 aromatic carbocycles. The van der Waals surface area contributed by atoms with Crippen LogP contribution in [-0.2, 0) is 13.1 Å². The molecule has 34 heavy (non-hydrogen) atoms. The summed E-state index contributed by atoms with van der Waals surface area (Å²) in [4.78, 5) is 18.9. The third-order valence-corrected chi connectivity index (χ3v) is 6.23. The monoisotopic (exact) mass is 468 g/mol. The second-order valence-corrected chi connectivity index (χ2v) is 10.7. The molecular weight excluding hydrogens is 434 g/mol. The van der Waals surface area contributed by atoms with Crippen LogP contribution < -0.4 is 10.9 Å². The van der Waals surface area contributed by atoms with E-state index in [2.05, 4.69) is 38.0 Å². The molecule has 0 radical (unpaired) electrons. The predicted molar refractivity (Wildman–Crippen MR) is 133 cm³/mol. The van der Waals surface area contributed by atoms with E-state index in [9.17, 15) is 13.6 Å². The number of halogens is 2. The number of aromatic nitrogens is 2. The molecule has 0 bridgehead atoms. The van der Waals surface area contributed by atoms with Crippen LogP contribution in [0, 0.1) is 5.41 Å². The van der Waals surface area contributed by atoms with Crippen molar-refractivity contribution in [3.63, 3.8) is 0 Å². The summed E-state index contributed by atoms with van der Waals surface area (Å²) in [5.74, 6) is -1.88. The van der Waals surface area contributed by atoms with Gasteiger partial charge in [-0.3, -0.25) is 9.69 Å². The van der Waals surface area contributed by atoms with Crippen molar-refractivity contribution in [3.05, 3.63) is 70.1 Å². The van der Waals surface area contributed by atoms with E-state index in [0.29, 0.717) is 31.9 Å². The molecule has 3 aromatic rings. The normalized spacial score (nSPS) is 17.6. The molecule has 0 saturated carbocycles. The molecule has 3 heterocycles. The van der Waals surface area contributed by atoms with E-state index in [1.165, 1.54) is 0 Å². The molecule has 7 heteroatoms. The van der Waals surface area contributed by atoms with Gasteiger partial charge >= 0.3 is 0 Å². The Hall–Kier alpha value is -2.80. The highest BCUT2D eigenvalue weighted by molar-refractivity contribution is 5.80. The molecule has 0 amide bonds. The van der Waals surface area contributed by atoms with Gasteiger partial charge in [0.2, 0.25) is 0 Å². The molecule has 1 fully saturated rings. The van der Waals surface area contributed by atoms with Crippen molar-refractivity contribution in [2.24, 2.45) is 5.41 Å². The number of anilines is 1. The average Bonchev–Trinajstić information content (AvgIpc) is 2.75. The van der Waals surface area contributed by atoms with E-state index < -0.39 is 5.92 Å². The van der Waals surface area contributed by atoms with Gasteiger partial charge in [-0.25, -0.2) is 13.8 Å².